The largest absolute Gasteiger partial charge is 0.460 e. The molecule has 0 spiro atoms. The van der Waals surface area contributed by atoms with Crippen LogP contribution in [0.2, 0.25) is 0 Å². The molecule has 0 aliphatic carbocycles. The first-order chi connectivity index (χ1) is 10.1. The number of nitrogens with zero attached hydrogens (tertiary/aromatic N) is 3. The van der Waals surface area contributed by atoms with Gasteiger partial charge in [0.2, 0.25) is 0 Å². The van der Waals surface area contributed by atoms with E-state index in [1.54, 1.807) is 11.6 Å². The maximum atomic E-state index is 11.8. The van der Waals surface area contributed by atoms with Crippen molar-refractivity contribution in [2.45, 2.75) is 33.6 Å². The lowest BCUT2D eigenvalue weighted by molar-refractivity contribution is 0.0512. The van der Waals surface area contributed by atoms with E-state index in [1.165, 1.54) is 0 Å². The molecule has 0 aliphatic heterocycles. The molecule has 0 saturated carbocycles. The van der Waals surface area contributed by atoms with Crippen molar-refractivity contribution in [1.82, 2.24) is 14.8 Å². The molecule has 0 bridgehead atoms. The summed E-state index contributed by atoms with van der Waals surface area (Å²) in [5, 5.41) is 4.31. The van der Waals surface area contributed by atoms with Crippen LogP contribution in [0.3, 0.4) is 0 Å². The first-order valence-electron chi connectivity index (χ1n) is 7.30. The summed E-state index contributed by atoms with van der Waals surface area (Å²) in [7, 11) is 0. The van der Waals surface area contributed by atoms with Gasteiger partial charge in [-0.25, -0.2) is 14.5 Å². The topological polar surface area (TPSA) is 57.0 Å². The third-order valence-electron chi connectivity index (χ3n) is 3.08. The minimum Gasteiger partial charge on any atom is -0.460 e. The molecule has 1 aromatic heterocycles. The van der Waals surface area contributed by atoms with Crippen LogP contribution in [-0.2, 0) is 11.2 Å². The maximum Gasteiger partial charge on any atom is 0.378 e. The molecule has 0 amide bonds. The van der Waals surface area contributed by atoms with Gasteiger partial charge in [0.05, 0.1) is 12.3 Å². The summed E-state index contributed by atoms with van der Waals surface area (Å²) in [5.74, 6) is 1.01. The Morgan fingerprint density at radius 2 is 2.00 bits per heavy atom. The zero-order chi connectivity index (χ0) is 15.2. The Balaban J connectivity index is 2.34. The average molecular weight is 287 g/mol. The van der Waals surface area contributed by atoms with Crippen LogP contribution in [0.4, 0.5) is 0 Å². The van der Waals surface area contributed by atoms with Crippen LogP contribution in [-0.4, -0.2) is 27.3 Å². The Morgan fingerprint density at radius 3 is 2.62 bits per heavy atom. The van der Waals surface area contributed by atoms with Gasteiger partial charge in [-0.1, -0.05) is 32.0 Å². The fourth-order valence-corrected chi connectivity index (χ4v) is 1.98. The number of carbonyl (C=O) groups excluding carboxylic acids is 1. The van der Waals surface area contributed by atoms with Gasteiger partial charge in [-0.15, -0.1) is 5.10 Å². The van der Waals surface area contributed by atoms with E-state index in [2.05, 4.69) is 23.9 Å². The van der Waals surface area contributed by atoms with E-state index in [9.17, 15) is 4.79 Å². The molecule has 0 N–H and O–H groups in total. The molecule has 2 rings (SSSR count). The molecule has 1 heterocycles. The van der Waals surface area contributed by atoms with Crippen LogP contribution >= 0.6 is 0 Å². The third-order valence-corrected chi connectivity index (χ3v) is 3.08. The van der Waals surface area contributed by atoms with Gasteiger partial charge in [-0.3, -0.25) is 0 Å². The van der Waals surface area contributed by atoms with Gasteiger partial charge in [0, 0.05) is 6.42 Å². The van der Waals surface area contributed by atoms with Crippen molar-refractivity contribution in [3.8, 4) is 5.69 Å². The number of hydrogen-bond acceptors (Lipinski definition) is 4. The highest BCUT2D eigenvalue weighted by Crippen LogP contribution is 2.14. The molecule has 0 saturated heterocycles. The lowest BCUT2D eigenvalue weighted by atomic mass is 10.1. The molecule has 1 aromatic carbocycles. The van der Waals surface area contributed by atoms with Gasteiger partial charge < -0.3 is 4.74 Å². The molecular weight excluding hydrogens is 266 g/mol. The zero-order valence-electron chi connectivity index (χ0n) is 12.7. The number of benzene rings is 1. The van der Waals surface area contributed by atoms with Crippen molar-refractivity contribution in [2.75, 3.05) is 6.61 Å². The predicted molar refractivity (Wildman–Crippen MR) is 80.5 cm³/mol. The summed E-state index contributed by atoms with van der Waals surface area (Å²) in [4.78, 5) is 16.2. The number of esters is 1. The third kappa shape index (κ3) is 3.90. The molecule has 5 nitrogen and oxygen atoms in total. The van der Waals surface area contributed by atoms with Gasteiger partial charge >= 0.3 is 5.97 Å². The molecule has 2 aromatic rings. The van der Waals surface area contributed by atoms with Crippen LogP contribution in [0.15, 0.2) is 30.3 Å². The average Bonchev–Trinajstić information content (AvgIpc) is 2.90. The first kappa shape index (κ1) is 15.2. The monoisotopic (exact) mass is 287 g/mol. The van der Waals surface area contributed by atoms with E-state index >= 15 is 0 Å². The number of ether oxygens (including phenoxy) is 1. The smallest absolute Gasteiger partial charge is 0.378 e. The molecule has 0 radical (unpaired) electrons. The van der Waals surface area contributed by atoms with E-state index < -0.39 is 5.97 Å². The van der Waals surface area contributed by atoms with E-state index in [4.69, 9.17) is 4.74 Å². The second-order valence-electron chi connectivity index (χ2n) is 5.25. The summed E-state index contributed by atoms with van der Waals surface area (Å²) in [6.45, 7) is 6.41. The SMILES string of the molecule is CCOC(=O)c1nc(CCC(C)C)n(-c2ccccc2)n1. The van der Waals surface area contributed by atoms with Crippen LogP contribution < -0.4 is 0 Å². The minimum atomic E-state index is -0.474. The Bertz CT molecular complexity index is 591. The molecular formula is C16H21N3O2. The van der Waals surface area contributed by atoms with Crippen molar-refractivity contribution >= 4 is 5.97 Å². The molecule has 112 valence electrons. The Hall–Kier alpha value is -2.17. The number of aromatic nitrogens is 3. The number of aryl methyl sites for hydroxylation is 1. The standard InChI is InChI=1S/C16H21N3O2/c1-4-21-16(20)15-17-14(11-10-12(2)3)19(18-15)13-8-6-5-7-9-13/h5-9,12H,4,10-11H2,1-3H3. The molecule has 0 fully saturated rings. The van der Waals surface area contributed by atoms with Gasteiger partial charge in [0.1, 0.15) is 5.82 Å². The van der Waals surface area contributed by atoms with Crippen molar-refractivity contribution in [2.24, 2.45) is 5.92 Å². The highest BCUT2D eigenvalue weighted by molar-refractivity contribution is 5.85. The highest BCUT2D eigenvalue weighted by atomic mass is 16.5. The quantitative estimate of drug-likeness (QED) is 0.766. The van der Waals surface area contributed by atoms with Crippen molar-refractivity contribution < 1.29 is 9.53 Å². The van der Waals surface area contributed by atoms with Crippen molar-refractivity contribution in [3.05, 3.63) is 42.0 Å². The second-order valence-corrected chi connectivity index (χ2v) is 5.25. The lowest BCUT2D eigenvalue weighted by Crippen LogP contribution is -2.07. The molecule has 21 heavy (non-hydrogen) atoms. The Labute approximate surface area is 125 Å². The number of carbonyl (C=O) groups is 1. The Kier molecular flexibility index (Phi) is 5.09. The van der Waals surface area contributed by atoms with Gasteiger partial charge in [0.15, 0.2) is 0 Å². The van der Waals surface area contributed by atoms with E-state index in [0.29, 0.717) is 12.5 Å². The van der Waals surface area contributed by atoms with E-state index in [-0.39, 0.29) is 5.82 Å². The molecule has 0 aliphatic rings. The summed E-state index contributed by atoms with van der Waals surface area (Å²) < 4.78 is 6.71. The molecule has 0 unspecified atom stereocenters. The van der Waals surface area contributed by atoms with Crippen molar-refractivity contribution in [3.63, 3.8) is 0 Å². The molecule has 0 atom stereocenters. The van der Waals surface area contributed by atoms with Crippen LogP contribution in [0.5, 0.6) is 0 Å². The zero-order valence-corrected chi connectivity index (χ0v) is 12.7. The summed E-state index contributed by atoms with van der Waals surface area (Å²) in [5.41, 5.74) is 0.902. The van der Waals surface area contributed by atoms with Crippen LogP contribution in [0, 0.1) is 5.92 Å². The number of hydrogen-bond donors (Lipinski definition) is 0. The van der Waals surface area contributed by atoms with Gasteiger partial charge in [-0.2, -0.15) is 0 Å². The van der Waals surface area contributed by atoms with Crippen LogP contribution in [0.1, 0.15) is 43.6 Å². The second kappa shape index (κ2) is 7.02. The molecule has 5 heteroatoms. The summed E-state index contributed by atoms with van der Waals surface area (Å²) >= 11 is 0. The number of rotatable bonds is 6. The Morgan fingerprint density at radius 1 is 1.29 bits per heavy atom. The lowest BCUT2D eigenvalue weighted by Gasteiger charge is -2.06. The predicted octanol–water partition coefficient (Wildman–Crippen LogP) is 3.03. The fourth-order valence-electron chi connectivity index (χ4n) is 1.98. The first-order valence-corrected chi connectivity index (χ1v) is 7.30. The van der Waals surface area contributed by atoms with E-state index in [1.807, 2.05) is 30.3 Å². The number of para-hydroxylation sites is 1. The fraction of sp³-hybridized carbons (Fsp3) is 0.438. The highest BCUT2D eigenvalue weighted by Gasteiger charge is 2.18. The van der Waals surface area contributed by atoms with Gasteiger partial charge in [-0.05, 0) is 31.4 Å². The minimum absolute atomic E-state index is 0.124. The summed E-state index contributed by atoms with van der Waals surface area (Å²) in [6, 6.07) is 9.71. The normalized spacial score (nSPS) is 10.9. The maximum absolute atomic E-state index is 11.8. The van der Waals surface area contributed by atoms with Crippen molar-refractivity contribution in [1.29, 1.82) is 0 Å². The van der Waals surface area contributed by atoms with Crippen LogP contribution in [0.25, 0.3) is 5.69 Å². The van der Waals surface area contributed by atoms with E-state index in [0.717, 1.165) is 24.4 Å². The van der Waals surface area contributed by atoms with Gasteiger partial charge in [0.25, 0.3) is 5.82 Å². The summed E-state index contributed by atoms with van der Waals surface area (Å²) in [6.07, 6.45) is 1.77.